The molecular formula is C14H24O2. The molecular weight excluding hydrogens is 200 g/mol. The maximum absolute atomic E-state index is 11.7. The summed E-state index contributed by atoms with van der Waals surface area (Å²) in [7, 11) is 0. The van der Waals surface area contributed by atoms with E-state index in [0.717, 1.165) is 32.0 Å². The summed E-state index contributed by atoms with van der Waals surface area (Å²) in [5, 5.41) is 0. The van der Waals surface area contributed by atoms with Gasteiger partial charge in [0.1, 0.15) is 12.1 Å². The minimum atomic E-state index is -0.305. The molecule has 0 aromatic heterocycles. The lowest BCUT2D eigenvalue weighted by molar-refractivity contribution is -0.127. The number of hydrogen-bond donors (Lipinski definition) is 0. The Labute approximate surface area is 98.8 Å². The van der Waals surface area contributed by atoms with Crippen LogP contribution in [-0.4, -0.2) is 12.1 Å². The molecule has 0 aromatic carbocycles. The van der Waals surface area contributed by atoms with Crippen LogP contribution in [0.2, 0.25) is 0 Å². The number of rotatable bonds is 1. The molecule has 0 aliphatic heterocycles. The summed E-state index contributed by atoms with van der Waals surface area (Å²) in [5.74, 6) is -0.130. The van der Waals surface area contributed by atoms with E-state index >= 15 is 0 Å². The number of hydrogen-bond acceptors (Lipinski definition) is 2. The molecule has 0 bridgehead atoms. The van der Waals surface area contributed by atoms with Gasteiger partial charge < -0.3 is 4.79 Å². The second kappa shape index (κ2) is 8.49. The van der Waals surface area contributed by atoms with Crippen molar-refractivity contribution in [2.24, 2.45) is 5.92 Å². The van der Waals surface area contributed by atoms with E-state index < -0.39 is 0 Å². The van der Waals surface area contributed by atoms with Crippen LogP contribution in [0, 0.1) is 5.92 Å². The lowest BCUT2D eigenvalue weighted by atomic mass is 9.95. The topological polar surface area (TPSA) is 34.1 Å². The molecule has 0 spiro atoms. The molecule has 0 saturated heterocycles. The van der Waals surface area contributed by atoms with Gasteiger partial charge in [-0.1, -0.05) is 51.4 Å². The van der Waals surface area contributed by atoms with Gasteiger partial charge in [-0.05, 0) is 12.8 Å². The summed E-state index contributed by atoms with van der Waals surface area (Å²) >= 11 is 0. The standard InChI is InChI=1S/C14H24O2/c15-12-13-10-8-6-4-2-1-3-5-7-9-11-14(13)16/h12-13H,1-11H2. The Morgan fingerprint density at radius 1 is 0.812 bits per heavy atom. The van der Waals surface area contributed by atoms with Crippen LogP contribution < -0.4 is 0 Å². The van der Waals surface area contributed by atoms with Crippen molar-refractivity contribution in [2.75, 3.05) is 0 Å². The highest BCUT2D eigenvalue weighted by atomic mass is 16.1. The molecule has 0 N–H and O–H groups in total. The van der Waals surface area contributed by atoms with Crippen molar-refractivity contribution in [2.45, 2.75) is 70.6 Å². The molecule has 1 unspecified atom stereocenters. The summed E-state index contributed by atoms with van der Waals surface area (Å²) in [6.45, 7) is 0. The second-order valence-corrected chi connectivity index (χ2v) is 4.93. The molecule has 0 heterocycles. The Balaban J connectivity index is 2.36. The molecule has 2 heteroatoms. The fourth-order valence-corrected chi connectivity index (χ4v) is 2.39. The van der Waals surface area contributed by atoms with Gasteiger partial charge in [-0.25, -0.2) is 0 Å². The van der Waals surface area contributed by atoms with E-state index in [9.17, 15) is 9.59 Å². The zero-order valence-corrected chi connectivity index (χ0v) is 10.2. The van der Waals surface area contributed by atoms with Crippen LogP contribution in [-0.2, 0) is 9.59 Å². The minimum Gasteiger partial charge on any atom is -0.303 e. The summed E-state index contributed by atoms with van der Waals surface area (Å²) in [6, 6.07) is 0. The first-order valence-corrected chi connectivity index (χ1v) is 6.82. The maximum atomic E-state index is 11.7. The first kappa shape index (κ1) is 13.4. The zero-order chi connectivity index (χ0) is 11.6. The van der Waals surface area contributed by atoms with Gasteiger partial charge in [-0.3, -0.25) is 4.79 Å². The average molecular weight is 224 g/mol. The van der Waals surface area contributed by atoms with Crippen molar-refractivity contribution in [3.05, 3.63) is 0 Å². The van der Waals surface area contributed by atoms with E-state index in [1.54, 1.807) is 0 Å². The minimum absolute atomic E-state index is 0.175. The number of ketones is 1. The van der Waals surface area contributed by atoms with Crippen LogP contribution in [0.25, 0.3) is 0 Å². The molecule has 92 valence electrons. The number of carbonyl (C=O) groups is 2. The van der Waals surface area contributed by atoms with Crippen LogP contribution >= 0.6 is 0 Å². The molecule has 1 fully saturated rings. The van der Waals surface area contributed by atoms with E-state index in [2.05, 4.69) is 0 Å². The molecule has 16 heavy (non-hydrogen) atoms. The summed E-state index contributed by atoms with van der Waals surface area (Å²) in [4.78, 5) is 22.6. The van der Waals surface area contributed by atoms with Crippen molar-refractivity contribution in [1.82, 2.24) is 0 Å². The lowest BCUT2D eigenvalue weighted by Crippen LogP contribution is -2.15. The SMILES string of the molecule is O=CC1CCCCCCCCCCCC1=O. The van der Waals surface area contributed by atoms with Gasteiger partial charge in [0.15, 0.2) is 0 Å². The lowest BCUT2D eigenvalue weighted by Gasteiger charge is -2.08. The second-order valence-electron chi connectivity index (χ2n) is 4.93. The highest BCUT2D eigenvalue weighted by Crippen LogP contribution is 2.17. The van der Waals surface area contributed by atoms with Gasteiger partial charge in [0, 0.05) is 6.42 Å². The Kier molecular flexibility index (Phi) is 7.11. The van der Waals surface area contributed by atoms with E-state index in [-0.39, 0.29) is 11.7 Å². The van der Waals surface area contributed by atoms with E-state index in [4.69, 9.17) is 0 Å². The molecule has 2 nitrogen and oxygen atoms in total. The van der Waals surface area contributed by atoms with Crippen molar-refractivity contribution >= 4 is 12.1 Å². The number of Topliss-reactive ketones (excluding diaryl/α,β-unsaturated/α-hetero) is 1. The molecule has 1 aliphatic rings. The first-order valence-electron chi connectivity index (χ1n) is 6.82. The normalized spacial score (nSPS) is 26.2. The summed E-state index contributed by atoms with van der Waals surface area (Å²) in [6.07, 6.45) is 13.1. The monoisotopic (exact) mass is 224 g/mol. The fraction of sp³-hybridized carbons (Fsp3) is 0.857. The van der Waals surface area contributed by atoms with Crippen LogP contribution in [0.15, 0.2) is 0 Å². The van der Waals surface area contributed by atoms with Crippen LogP contribution in [0.3, 0.4) is 0 Å². The molecule has 1 atom stereocenters. The smallest absolute Gasteiger partial charge is 0.143 e. The molecule has 0 aromatic rings. The molecule has 1 saturated carbocycles. The van der Waals surface area contributed by atoms with Crippen molar-refractivity contribution in [3.8, 4) is 0 Å². The van der Waals surface area contributed by atoms with Gasteiger partial charge in [0.25, 0.3) is 0 Å². The van der Waals surface area contributed by atoms with Gasteiger partial charge in [0.05, 0.1) is 5.92 Å². The molecule has 0 radical (unpaired) electrons. The third kappa shape index (κ3) is 5.43. The van der Waals surface area contributed by atoms with E-state index in [0.29, 0.717) is 6.42 Å². The Hall–Kier alpha value is -0.660. The third-order valence-electron chi connectivity index (χ3n) is 3.52. The fourth-order valence-electron chi connectivity index (χ4n) is 2.39. The van der Waals surface area contributed by atoms with Gasteiger partial charge in [-0.2, -0.15) is 0 Å². The average Bonchev–Trinajstić information content (AvgIpc) is 2.31. The van der Waals surface area contributed by atoms with Crippen molar-refractivity contribution < 1.29 is 9.59 Å². The Morgan fingerprint density at radius 2 is 1.31 bits per heavy atom. The Bertz CT molecular complexity index is 211. The predicted molar refractivity (Wildman–Crippen MR) is 65.3 cm³/mol. The molecule has 0 amide bonds. The molecule has 1 aliphatic carbocycles. The third-order valence-corrected chi connectivity index (χ3v) is 3.52. The Morgan fingerprint density at radius 3 is 1.88 bits per heavy atom. The van der Waals surface area contributed by atoms with E-state index in [1.165, 1.54) is 38.5 Å². The zero-order valence-electron chi connectivity index (χ0n) is 10.2. The van der Waals surface area contributed by atoms with Crippen LogP contribution in [0.4, 0.5) is 0 Å². The van der Waals surface area contributed by atoms with Gasteiger partial charge >= 0.3 is 0 Å². The highest BCUT2D eigenvalue weighted by molar-refractivity contribution is 5.93. The van der Waals surface area contributed by atoms with Crippen molar-refractivity contribution in [3.63, 3.8) is 0 Å². The van der Waals surface area contributed by atoms with Crippen LogP contribution in [0.5, 0.6) is 0 Å². The maximum Gasteiger partial charge on any atom is 0.143 e. The van der Waals surface area contributed by atoms with Crippen LogP contribution in [0.1, 0.15) is 70.6 Å². The predicted octanol–water partition coefficient (Wildman–Crippen LogP) is 3.68. The molecule has 1 rings (SSSR count). The summed E-state index contributed by atoms with van der Waals surface area (Å²) in [5.41, 5.74) is 0. The summed E-state index contributed by atoms with van der Waals surface area (Å²) < 4.78 is 0. The van der Waals surface area contributed by atoms with Gasteiger partial charge in [0.2, 0.25) is 0 Å². The van der Waals surface area contributed by atoms with E-state index in [1.807, 2.05) is 0 Å². The number of aldehydes is 1. The quantitative estimate of drug-likeness (QED) is 0.503. The number of carbonyl (C=O) groups excluding carboxylic acids is 2. The van der Waals surface area contributed by atoms with Gasteiger partial charge in [-0.15, -0.1) is 0 Å². The first-order chi connectivity index (χ1) is 7.84. The largest absolute Gasteiger partial charge is 0.303 e. The van der Waals surface area contributed by atoms with Crippen molar-refractivity contribution in [1.29, 1.82) is 0 Å². The highest BCUT2D eigenvalue weighted by Gasteiger charge is 2.16.